The Morgan fingerprint density at radius 2 is 0.550 bits per heavy atom. The largest absolute Gasteiger partial charge is 0.425 e. The molecule has 0 aliphatic carbocycles. The maximum absolute atomic E-state index is 13.6. The Balaban J connectivity index is 0.000000220. The van der Waals surface area contributed by atoms with Gasteiger partial charge in [0.15, 0.2) is 0 Å². The predicted octanol–water partition coefficient (Wildman–Crippen LogP) is 9.39. The molecule has 2 N–H and O–H groups in total. The van der Waals surface area contributed by atoms with E-state index in [0.717, 1.165) is 0 Å². The number of aliphatic hydroxyl groups is 2. The molecule has 0 unspecified atom stereocenters. The predicted molar refractivity (Wildman–Crippen MR) is 175 cm³/mol. The van der Waals surface area contributed by atoms with Gasteiger partial charge in [0.05, 0.1) is 0 Å². The van der Waals surface area contributed by atoms with Crippen molar-refractivity contribution in [1.82, 2.24) is 0 Å². The van der Waals surface area contributed by atoms with Crippen LogP contribution >= 0.6 is 90.4 Å². The molecule has 0 radical (unpaired) electrons. The van der Waals surface area contributed by atoms with Gasteiger partial charge in [0.1, 0.15) is 0 Å². The average molecular weight is 1010 g/mol. The Labute approximate surface area is 281 Å². The highest BCUT2D eigenvalue weighted by Gasteiger charge is 2.58. The molecule has 12 heteroatoms. The summed E-state index contributed by atoms with van der Waals surface area (Å²) in [6.07, 6.45) is -9.62. The van der Waals surface area contributed by atoms with E-state index in [1.165, 1.54) is 48.5 Å². The van der Waals surface area contributed by atoms with Crippen LogP contribution in [-0.4, -0.2) is 22.6 Å². The summed E-state index contributed by atoms with van der Waals surface area (Å²) in [5.74, 6) is 0. The van der Waals surface area contributed by atoms with Crippen LogP contribution in [0.25, 0.3) is 0 Å². The molecule has 0 heterocycles. The Kier molecular flexibility index (Phi) is 11.2. The normalized spacial score (nSPS) is 12.5. The molecule has 4 rings (SSSR count). The van der Waals surface area contributed by atoms with E-state index in [0.29, 0.717) is 14.3 Å². The van der Waals surface area contributed by atoms with Gasteiger partial charge < -0.3 is 10.2 Å². The van der Waals surface area contributed by atoms with Gasteiger partial charge in [0, 0.05) is 36.5 Å². The van der Waals surface area contributed by atoms with Gasteiger partial charge in [-0.05, 0) is 115 Å². The minimum absolute atomic E-state index is 0.155. The third-order valence-electron chi connectivity index (χ3n) is 5.88. The summed E-state index contributed by atoms with van der Waals surface area (Å²) in [7, 11) is 0. The Bertz CT molecular complexity index is 1270. The van der Waals surface area contributed by atoms with Crippen molar-refractivity contribution in [3.63, 3.8) is 0 Å². The maximum atomic E-state index is 13.6. The first kappa shape index (κ1) is 33.8. The van der Waals surface area contributed by atoms with Gasteiger partial charge in [-0.15, -0.1) is 0 Å². The molecule has 0 atom stereocenters. The number of rotatable bonds is 4. The van der Waals surface area contributed by atoms with Gasteiger partial charge in [0.2, 0.25) is 11.2 Å². The zero-order chi connectivity index (χ0) is 29.9. The first-order chi connectivity index (χ1) is 18.6. The minimum Gasteiger partial charge on any atom is -0.372 e. The van der Waals surface area contributed by atoms with Gasteiger partial charge in [-0.25, -0.2) is 0 Å². The van der Waals surface area contributed by atoms with Crippen molar-refractivity contribution in [2.75, 3.05) is 0 Å². The fraction of sp³-hybridized carbons (Fsp3) is 0.143. The van der Waals surface area contributed by atoms with Crippen LogP contribution in [0.15, 0.2) is 97.1 Å². The topological polar surface area (TPSA) is 40.5 Å². The number of hydrogen-bond donors (Lipinski definition) is 2. The van der Waals surface area contributed by atoms with E-state index >= 15 is 0 Å². The first-order valence-corrected chi connectivity index (χ1v) is 15.5. The van der Waals surface area contributed by atoms with Crippen molar-refractivity contribution in [3.8, 4) is 0 Å². The number of alkyl halides is 6. The molecule has 0 saturated heterocycles. The fourth-order valence-electron chi connectivity index (χ4n) is 3.92. The summed E-state index contributed by atoms with van der Waals surface area (Å²) in [6, 6.07) is 23.9. The van der Waals surface area contributed by atoms with E-state index in [1.54, 1.807) is 139 Å². The van der Waals surface area contributed by atoms with E-state index in [9.17, 15) is 36.6 Å². The lowest BCUT2D eigenvalue weighted by Gasteiger charge is -2.33. The molecular weight excluding hydrogens is 990 g/mol. The first-order valence-electron chi connectivity index (χ1n) is 11.1. The van der Waals surface area contributed by atoms with Crippen LogP contribution in [0.1, 0.15) is 22.3 Å². The lowest BCUT2D eigenvalue weighted by Crippen LogP contribution is -2.44. The molecule has 4 aromatic carbocycles. The highest BCUT2D eigenvalue weighted by Crippen LogP contribution is 2.48. The van der Waals surface area contributed by atoms with Crippen LogP contribution in [0, 0.1) is 14.3 Å². The lowest BCUT2D eigenvalue weighted by atomic mass is 9.86. The third kappa shape index (κ3) is 6.75. The second kappa shape index (κ2) is 13.3. The van der Waals surface area contributed by atoms with Gasteiger partial charge in [-0.3, -0.25) is 0 Å². The zero-order valence-electron chi connectivity index (χ0n) is 19.9. The average Bonchev–Trinajstić information content (AvgIpc) is 2.88. The Morgan fingerprint density at radius 1 is 0.375 bits per heavy atom. The summed E-state index contributed by atoms with van der Waals surface area (Å²) in [4.78, 5) is 0. The van der Waals surface area contributed by atoms with Gasteiger partial charge in [0.25, 0.3) is 0 Å². The molecule has 0 saturated carbocycles. The van der Waals surface area contributed by atoms with Crippen molar-refractivity contribution < 1.29 is 36.6 Å². The minimum atomic E-state index is -4.81. The van der Waals surface area contributed by atoms with Crippen molar-refractivity contribution >= 4 is 90.4 Å². The number of hydrogen-bond acceptors (Lipinski definition) is 2. The molecule has 0 amide bonds. The third-order valence-corrected chi connectivity index (χ3v) is 9.64. The van der Waals surface area contributed by atoms with Crippen molar-refractivity contribution in [2.45, 2.75) is 23.6 Å². The van der Waals surface area contributed by atoms with E-state index in [4.69, 9.17) is 0 Å². The maximum Gasteiger partial charge on any atom is 0.425 e. The van der Waals surface area contributed by atoms with Crippen molar-refractivity contribution in [3.05, 3.63) is 134 Å². The monoisotopic (exact) mass is 1010 g/mol. The summed E-state index contributed by atoms with van der Waals surface area (Å²) in [5.41, 5.74) is -6.64. The molecular formula is C28H18F6I4O2. The number of halogens is 10. The molecule has 0 aliphatic rings. The summed E-state index contributed by atoms with van der Waals surface area (Å²) in [6.45, 7) is 0. The number of benzene rings is 4. The zero-order valence-corrected chi connectivity index (χ0v) is 28.5. The van der Waals surface area contributed by atoms with Crippen LogP contribution < -0.4 is 0 Å². The lowest BCUT2D eigenvalue weighted by molar-refractivity contribution is -0.249. The molecule has 212 valence electrons. The van der Waals surface area contributed by atoms with E-state index in [-0.39, 0.29) is 22.3 Å². The van der Waals surface area contributed by atoms with Gasteiger partial charge in [-0.1, -0.05) is 72.8 Å². The molecule has 0 spiro atoms. The molecule has 0 aromatic heterocycles. The van der Waals surface area contributed by atoms with Crippen molar-refractivity contribution in [1.29, 1.82) is 0 Å². The molecule has 0 bridgehead atoms. The van der Waals surface area contributed by atoms with E-state index in [2.05, 4.69) is 0 Å². The Morgan fingerprint density at radius 3 is 0.700 bits per heavy atom. The van der Waals surface area contributed by atoms with Crippen LogP contribution in [0.3, 0.4) is 0 Å². The van der Waals surface area contributed by atoms with Crippen LogP contribution in [0.5, 0.6) is 0 Å². The SMILES string of the molecule is OC(c1ccccc1I)(c1ccccc1I)C(F)(F)F.OC(c1ccccc1I)(c1ccccc1I)C(F)(F)F. The smallest absolute Gasteiger partial charge is 0.372 e. The van der Waals surface area contributed by atoms with E-state index < -0.39 is 23.6 Å². The summed E-state index contributed by atoms with van der Waals surface area (Å²) in [5, 5.41) is 21.0. The van der Waals surface area contributed by atoms with Gasteiger partial charge in [-0.2, -0.15) is 26.3 Å². The Hall–Kier alpha value is -0.700. The molecule has 4 aromatic rings. The van der Waals surface area contributed by atoms with E-state index in [1.807, 2.05) is 0 Å². The van der Waals surface area contributed by atoms with Gasteiger partial charge >= 0.3 is 12.4 Å². The quantitative estimate of drug-likeness (QED) is 0.158. The second-order valence-electron chi connectivity index (χ2n) is 8.34. The second-order valence-corrected chi connectivity index (χ2v) is 13.0. The fourth-order valence-corrected chi connectivity index (χ4v) is 7.03. The highest BCUT2D eigenvalue weighted by molar-refractivity contribution is 14.1. The molecule has 0 aliphatic heterocycles. The molecule has 0 fully saturated rings. The van der Waals surface area contributed by atoms with Crippen LogP contribution in [0.4, 0.5) is 26.3 Å². The van der Waals surface area contributed by atoms with Crippen LogP contribution in [0.2, 0.25) is 0 Å². The summed E-state index contributed by atoms with van der Waals surface area (Å²) < 4.78 is 82.9. The highest BCUT2D eigenvalue weighted by atomic mass is 127. The molecule has 40 heavy (non-hydrogen) atoms. The summed E-state index contributed by atoms with van der Waals surface area (Å²) >= 11 is 7.21. The standard InChI is InChI=1S/2C14H9F3I2O/c2*15-14(16,17)13(20,9-5-1-3-7-11(9)18)10-6-2-4-8-12(10)19/h2*1-8,20H. The van der Waals surface area contributed by atoms with Crippen LogP contribution in [-0.2, 0) is 11.2 Å². The molecule has 2 nitrogen and oxygen atoms in total. The van der Waals surface area contributed by atoms with Crippen molar-refractivity contribution in [2.24, 2.45) is 0 Å².